The summed E-state index contributed by atoms with van der Waals surface area (Å²) >= 11 is 0. The van der Waals surface area contributed by atoms with Gasteiger partial charge in [0.1, 0.15) is 0 Å². The van der Waals surface area contributed by atoms with Gasteiger partial charge in [0, 0.05) is 25.3 Å². The van der Waals surface area contributed by atoms with Gasteiger partial charge in [-0.1, -0.05) is 18.2 Å². The van der Waals surface area contributed by atoms with Crippen LogP contribution in [0.4, 0.5) is 11.5 Å². The lowest BCUT2D eigenvalue weighted by Gasteiger charge is -2.39. The highest BCUT2D eigenvalue weighted by Crippen LogP contribution is 2.49. The van der Waals surface area contributed by atoms with Crippen molar-refractivity contribution in [1.29, 1.82) is 0 Å². The Hall–Kier alpha value is -2.43. The van der Waals surface area contributed by atoms with E-state index in [0.29, 0.717) is 11.8 Å². The molecule has 1 spiro atoms. The van der Waals surface area contributed by atoms with Gasteiger partial charge in [0.25, 0.3) is 0 Å². The van der Waals surface area contributed by atoms with Crippen molar-refractivity contribution in [2.75, 3.05) is 29.4 Å². The third-order valence-electron chi connectivity index (χ3n) is 6.23. The lowest BCUT2D eigenvalue weighted by atomic mass is 9.73. The molecule has 1 aliphatic carbocycles. The number of piperidine rings is 1. The Bertz CT molecular complexity index is 835. The zero-order chi connectivity index (χ0) is 17.7. The summed E-state index contributed by atoms with van der Waals surface area (Å²) in [6.07, 6.45) is 4.22. The highest BCUT2D eigenvalue weighted by atomic mass is 16.2. The molecule has 5 rings (SSSR count). The molecular formula is C21H24N4O. The van der Waals surface area contributed by atoms with Crippen LogP contribution in [0.5, 0.6) is 0 Å². The number of anilines is 2. The van der Waals surface area contributed by atoms with Crippen molar-refractivity contribution in [3.8, 4) is 0 Å². The van der Waals surface area contributed by atoms with Crippen LogP contribution in [-0.4, -0.2) is 35.7 Å². The number of aromatic nitrogens is 2. The number of para-hydroxylation sites is 1. The third kappa shape index (κ3) is 2.41. The number of hydrogen-bond donors (Lipinski definition) is 0. The second kappa shape index (κ2) is 5.79. The van der Waals surface area contributed by atoms with Crippen molar-refractivity contribution in [1.82, 2.24) is 10.2 Å². The molecule has 26 heavy (non-hydrogen) atoms. The van der Waals surface area contributed by atoms with Crippen LogP contribution in [0.1, 0.15) is 36.9 Å². The highest BCUT2D eigenvalue weighted by Gasteiger charge is 2.52. The molecule has 1 aromatic heterocycles. The Morgan fingerprint density at radius 3 is 2.54 bits per heavy atom. The van der Waals surface area contributed by atoms with Crippen LogP contribution in [-0.2, 0) is 10.2 Å². The first kappa shape index (κ1) is 15.8. The molecule has 5 heteroatoms. The summed E-state index contributed by atoms with van der Waals surface area (Å²) in [5, 5.41) is 8.50. The minimum Gasteiger partial charge on any atom is -0.355 e. The molecule has 0 atom stereocenters. The Morgan fingerprint density at radius 1 is 1.08 bits per heavy atom. The van der Waals surface area contributed by atoms with Crippen LogP contribution in [0, 0.1) is 12.8 Å². The predicted octanol–water partition coefficient (Wildman–Crippen LogP) is 3.08. The molecule has 134 valence electrons. The molecule has 0 unspecified atom stereocenters. The summed E-state index contributed by atoms with van der Waals surface area (Å²) in [5.74, 6) is 1.93. The molecule has 3 aliphatic rings. The number of nitrogens with zero attached hydrogens (tertiary/aromatic N) is 4. The number of carbonyl (C=O) groups excluding carboxylic acids is 1. The Kier molecular flexibility index (Phi) is 3.52. The molecular weight excluding hydrogens is 324 g/mol. The van der Waals surface area contributed by atoms with Gasteiger partial charge in [0.05, 0.1) is 11.1 Å². The van der Waals surface area contributed by atoms with Crippen LogP contribution in [0.2, 0.25) is 0 Å². The number of carbonyl (C=O) groups is 1. The average Bonchev–Trinajstić information content (AvgIpc) is 3.47. The summed E-state index contributed by atoms with van der Waals surface area (Å²) in [6, 6.07) is 12.5. The van der Waals surface area contributed by atoms with Gasteiger partial charge in [-0.2, -0.15) is 5.10 Å². The van der Waals surface area contributed by atoms with Gasteiger partial charge >= 0.3 is 0 Å². The maximum atomic E-state index is 13.5. The topological polar surface area (TPSA) is 49.3 Å². The fraction of sp³-hybridized carbons (Fsp3) is 0.476. The first-order valence-electron chi connectivity index (χ1n) is 9.64. The van der Waals surface area contributed by atoms with Crippen LogP contribution >= 0.6 is 0 Å². The molecule has 1 saturated carbocycles. The average molecular weight is 348 g/mol. The number of aryl methyl sites for hydroxylation is 1. The monoisotopic (exact) mass is 348 g/mol. The van der Waals surface area contributed by atoms with Crippen molar-refractivity contribution >= 4 is 17.4 Å². The van der Waals surface area contributed by atoms with Crippen LogP contribution in [0.25, 0.3) is 0 Å². The highest BCUT2D eigenvalue weighted by molar-refractivity contribution is 6.08. The lowest BCUT2D eigenvalue weighted by molar-refractivity contribution is -0.124. The van der Waals surface area contributed by atoms with E-state index in [-0.39, 0.29) is 5.41 Å². The van der Waals surface area contributed by atoms with E-state index in [4.69, 9.17) is 0 Å². The van der Waals surface area contributed by atoms with Gasteiger partial charge in [-0.25, -0.2) is 0 Å². The van der Waals surface area contributed by atoms with Crippen molar-refractivity contribution < 1.29 is 4.79 Å². The molecule has 1 amide bonds. The van der Waals surface area contributed by atoms with Crippen molar-refractivity contribution in [2.45, 2.75) is 38.0 Å². The first-order valence-corrected chi connectivity index (χ1v) is 9.64. The van der Waals surface area contributed by atoms with Gasteiger partial charge in [-0.3, -0.25) is 4.79 Å². The number of fused-ring (bicyclic) bond motifs is 2. The number of benzene rings is 1. The van der Waals surface area contributed by atoms with Gasteiger partial charge in [0.2, 0.25) is 5.91 Å². The van der Waals surface area contributed by atoms with E-state index in [1.54, 1.807) is 0 Å². The Morgan fingerprint density at radius 2 is 1.85 bits per heavy atom. The SMILES string of the molecule is Cc1ccc(N2CCC3(CC2)C(=O)N(CC2CC2)c2ccccc23)nn1. The smallest absolute Gasteiger partial charge is 0.237 e. The van der Waals surface area contributed by atoms with E-state index in [1.807, 2.05) is 19.1 Å². The van der Waals surface area contributed by atoms with E-state index in [9.17, 15) is 4.79 Å². The maximum Gasteiger partial charge on any atom is 0.237 e. The molecule has 1 saturated heterocycles. The molecule has 2 aromatic rings. The number of hydrogen-bond acceptors (Lipinski definition) is 4. The van der Waals surface area contributed by atoms with E-state index < -0.39 is 0 Å². The first-order chi connectivity index (χ1) is 12.7. The zero-order valence-corrected chi connectivity index (χ0v) is 15.2. The second-order valence-electron chi connectivity index (χ2n) is 7.98. The molecule has 0 N–H and O–H groups in total. The summed E-state index contributed by atoms with van der Waals surface area (Å²) in [4.78, 5) is 17.8. The zero-order valence-electron chi connectivity index (χ0n) is 15.2. The molecule has 0 radical (unpaired) electrons. The largest absolute Gasteiger partial charge is 0.355 e. The normalized spacial score (nSPS) is 21.3. The van der Waals surface area contributed by atoms with Crippen molar-refractivity contribution in [3.63, 3.8) is 0 Å². The van der Waals surface area contributed by atoms with Crippen LogP contribution in [0.15, 0.2) is 36.4 Å². The summed E-state index contributed by atoms with van der Waals surface area (Å²) < 4.78 is 0. The summed E-state index contributed by atoms with van der Waals surface area (Å²) in [6.45, 7) is 4.53. The molecule has 5 nitrogen and oxygen atoms in total. The third-order valence-corrected chi connectivity index (χ3v) is 6.23. The Balaban J connectivity index is 1.42. The van der Waals surface area contributed by atoms with E-state index >= 15 is 0 Å². The maximum absolute atomic E-state index is 13.5. The lowest BCUT2D eigenvalue weighted by Crippen LogP contribution is -2.49. The minimum atomic E-state index is -0.347. The van der Waals surface area contributed by atoms with E-state index in [2.05, 4.69) is 44.3 Å². The molecule has 2 aliphatic heterocycles. The van der Waals surface area contributed by atoms with Crippen molar-refractivity contribution in [2.24, 2.45) is 5.92 Å². The molecule has 2 fully saturated rings. The molecule has 1 aromatic carbocycles. The minimum absolute atomic E-state index is 0.320. The van der Waals surface area contributed by atoms with E-state index in [0.717, 1.165) is 49.7 Å². The summed E-state index contributed by atoms with van der Waals surface area (Å²) in [7, 11) is 0. The van der Waals surface area contributed by atoms with Crippen LogP contribution in [0.3, 0.4) is 0 Å². The van der Waals surface area contributed by atoms with Gasteiger partial charge in [0.15, 0.2) is 5.82 Å². The van der Waals surface area contributed by atoms with E-state index in [1.165, 1.54) is 18.4 Å². The predicted molar refractivity (Wildman–Crippen MR) is 101 cm³/mol. The van der Waals surface area contributed by atoms with Gasteiger partial charge in [-0.15, -0.1) is 5.10 Å². The van der Waals surface area contributed by atoms with Crippen LogP contribution < -0.4 is 9.80 Å². The van der Waals surface area contributed by atoms with Gasteiger partial charge in [-0.05, 0) is 62.3 Å². The molecule has 0 bridgehead atoms. The second-order valence-corrected chi connectivity index (χ2v) is 7.98. The number of rotatable bonds is 3. The standard InChI is InChI=1S/C21H24N4O/c1-15-6-9-19(23-22-15)24-12-10-21(11-13-24)17-4-2-3-5-18(17)25(20(21)26)14-16-7-8-16/h2-6,9,16H,7-8,10-14H2,1H3. The fourth-order valence-corrected chi connectivity index (χ4v) is 4.50. The van der Waals surface area contributed by atoms with Gasteiger partial charge < -0.3 is 9.80 Å². The Labute approximate surface area is 154 Å². The molecule has 3 heterocycles. The van der Waals surface area contributed by atoms with Crippen molar-refractivity contribution in [3.05, 3.63) is 47.7 Å². The number of amides is 1. The fourth-order valence-electron chi connectivity index (χ4n) is 4.50. The summed E-state index contributed by atoms with van der Waals surface area (Å²) in [5.41, 5.74) is 2.96. The quantitative estimate of drug-likeness (QED) is 0.855.